The molecule has 2 aromatic carbocycles. The molecule has 1 amide bonds. The highest BCUT2D eigenvalue weighted by Crippen LogP contribution is 2.33. The molecule has 5 rings (SSSR count). The number of amides is 1. The van der Waals surface area contributed by atoms with Crippen molar-refractivity contribution >= 4 is 22.6 Å². The van der Waals surface area contributed by atoms with E-state index < -0.39 is 0 Å². The van der Waals surface area contributed by atoms with E-state index >= 15 is 0 Å². The Hall–Kier alpha value is -3.54. The van der Waals surface area contributed by atoms with Crippen LogP contribution in [0.4, 0.5) is 5.69 Å². The summed E-state index contributed by atoms with van der Waals surface area (Å²) < 4.78 is 5.75. The van der Waals surface area contributed by atoms with E-state index in [1.807, 2.05) is 24.3 Å². The molecule has 0 bridgehead atoms. The molecule has 0 aliphatic carbocycles. The maximum Gasteiger partial charge on any atom is 0.257 e. The quantitative estimate of drug-likeness (QED) is 0.540. The van der Waals surface area contributed by atoms with Crippen LogP contribution >= 0.6 is 0 Å². The number of benzene rings is 2. The molecule has 0 saturated heterocycles. The first-order valence-corrected chi connectivity index (χ1v) is 10.2. The van der Waals surface area contributed by atoms with Crippen LogP contribution in [0.5, 0.6) is 0 Å². The van der Waals surface area contributed by atoms with Crippen LogP contribution in [-0.2, 0) is 19.5 Å². The van der Waals surface area contributed by atoms with E-state index in [1.165, 1.54) is 11.3 Å². The first-order valence-electron chi connectivity index (χ1n) is 10.2. The van der Waals surface area contributed by atoms with Crippen LogP contribution in [0.25, 0.3) is 11.0 Å². The fourth-order valence-electron chi connectivity index (χ4n) is 4.26. The Morgan fingerprint density at radius 2 is 2.00 bits per heavy atom. The highest BCUT2D eigenvalue weighted by Gasteiger charge is 2.28. The van der Waals surface area contributed by atoms with Crippen molar-refractivity contribution in [2.75, 3.05) is 11.9 Å². The Morgan fingerprint density at radius 1 is 1.20 bits per heavy atom. The van der Waals surface area contributed by atoms with Gasteiger partial charge in [-0.05, 0) is 43.2 Å². The molecule has 1 N–H and O–H groups in total. The van der Waals surface area contributed by atoms with Crippen LogP contribution in [-0.4, -0.2) is 33.9 Å². The number of nitrogens with zero attached hydrogens (tertiary/aromatic N) is 3. The van der Waals surface area contributed by atoms with Crippen LogP contribution in [0.2, 0.25) is 0 Å². The summed E-state index contributed by atoms with van der Waals surface area (Å²) in [4.78, 5) is 25.0. The fourth-order valence-corrected chi connectivity index (χ4v) is 4.26. The van der Waals surface area contributed by atoms with Gasteiger partial charge in [0.2, 0.25) is 0 Å². The number of anilines is 1. The molecular weight excluding hydrogens is 376 g/mol. The molecule has 0 radical (unpaired) electrons. The lowest BCUT2D eigenvalue weighted by molar-refractivity contribution is 0.0779. The second kappa shape index (κ2) is 7.37. The van der Waals surface area contributed by atoms with E-state index in [0.717, 1.165) is 23.3 Å². The lowest BCUT2D eigenvalue weighted by atomic mass is 10.1. The first-order chi connectivity index (χ1) is 14.6. The van der Waals surface area contributed by atoms with E-state index in [0.29, 0.717) is 30.5 Å². The standard InChI is InChI=1S/C24H24N4O2/c1-16-13-17-7-3-6-10-21(17)28(16)14-22-18(11-12-30-22)24(29)27(2)15-23-25-19-8-4-5-9-20(19)26-23/h3-12,16H,13-15H2,1-2H3,(H,25,26). The van der Waals surface area contributed by atoms with E-state index in [9.17, 15) is 4.79 Å². The zero-order chi connectivity index (χ0) is 20.7. The van der Waals surface area contributed by atoms with Crippen molar-refractivity contribution in [2.24, 2.45) is 0 Å². The molecule has 1 aliphatic heterocycles. The molecule has 4 aromatic rings. The molecule has 1 atom stereocenters. The number of carbonyl (C=O) groups is 1. The van der Waals surface area contributed by atoms with Gasteiger partial charge in [-0.2, -0.15) is 0 Å². The van der Waals surface area contributed by atoms with Gasteiger partial charge in [0.1, 0.15) is 11.6 Å². The molecular formula is C24H24N4O2. The van der Waals surface area contributed by atoms with Crippen molar-refractivity contribution in [3.05, 3.63) is 83.6 Å². The number of hydrogen-bond donors (Lipinski definition) is 1. The summed E-state index contributed by atoms with van der Waals surface area (Å²) in [6, 6.07) is 18.4. The molecule has 6 nitrogen and oxygen atoms in total. The van der Waals surface area contributed by atoms with Gasteiger partial charge in [-0.3, -0.25) is 4.79 Å². The monoisotopic (exact) mass is 400 g/mol. The lowest BCUT2D eigenvalue weighted by Crippen LogP contribution is -2.31. The van der Waals surface area contributed by atoms with Gasteiger partial charge in [0, 0.05) is 18.8 Å². The third kappa shape index (κ3) is 3.24. The smallest absolute Gasteiger partial charge is 0.257 e. The number of carbonyl (C=O) groups excluding carboxylic acids is 1. The van der Waals surface area contributed by atoms with Crippen LogP contribution in [0.3, 0.4) is 0 Å². The van der Waals surface area contributed by atoms with Crippen molar-refractivity contribution in [1.82, 2.24) is 14.9 Å². The Bertz CT molecular complexity index is 1180. The van der Waals surface area contributed by atoms with Gasteiger partial charge in [0.25, 0.3) is 5.91 Å². The van der Waals surface area contributed by atoms with Gasteiger partial charge >= 0.3 is 0 Å². The average molecular weight is 400 g/mol. The minimum absolute atomic E-state index is 0.0701. The fraction of sp³-hybridized carbons (Fsp3) is 0.250. The molecule has 0 spiro atoms. The van der Waals surface area contributed by atoms with Gasteiger partial charge in [0.05, 0.1) is 35.9 Å². The number of hydrogen-bond acceptors (Lipinski definition) is 4. The molecule has 0 saturated carbocycles. The number of H-pyrrole nitrogens is 1. The number of para-hydroxylation sites is 3. The molecule has 1 unspecified atom stereocenters. The van der Waals surface area contributed by atoms with E-state index in [4.69, 9.17) is 4.42 Å². The van der Waals surface area contributed by atoms with Gasteiger partial charge in [-0.1, -0.05) is 30.3 Å². The van der Waals surface area contributed by atoms with Gasteiger partial charge < -0.3 is 19.2 Å². The lowest BCUT2D eigenvalue weighted by Gasteiger charge is -2.24. The Kier molecular flexibility index (Phi) is 4.54. The number of rotatable bonds is 5. The molecule has 3 heterocycles. The minimum atomic E-state index is -0.0701. The summed E-state index contributed by atoms with van der Waals surface area (Å²) in [7, 11) is 1.79. The second-order valence-electron chi connectivity index (χ2n) is 7.93. The summed E-state index contributed by atoms with van der Waals surface area (Å²) in [5, 5.41) is 0. The van der Waals surface area contributed by atoms with Crippen molar-refractivity contribution in [2.45, 2.75) is 32.5 Å². The van der Waals surface area contributed by atoms with Crippen molar-refractivity contribution in [3.63, 3.8) is 0 Å². The second-order valence-corrected chi connectivity index (χ2v) is 7.93. The van der Waals surface area contributed by atoms with Crippen molar-refractivity contribution < 1.29 is 9.21 Å². The van der Waals surface area contributed by atoms with Crippen LogP contribution in [0.1, 0.15) is 34.4 Å². The zero-order valence-corrected chi connectivity index (χ0v) is 17.1. The summed E-state index contributed by atoms with van der Waals surface area (Å²) in [6.07, 6.45) is 2.61. The Labute approximate surface area is 175 Å². The Morgan fingerprint density at radius 3 is 2.87 bits per heavy atom. The van der Waals surface area contributed by atoms with E-state index in [1.54, 1.807) is 24.3 Å². The Balaban J connectivity index is 1.34. The minimum Gasteiger partial charge on any atom is -0.467 e. The zero-order valence-electron chi connectivity index (χ0n) is 17.1. The summed E-state index contributed by atoms with van der Waals surface area (Å²) in [5.74, 6) is 1.39. The van der Waals surface area contributed by atoms with Gasteiger partial charge in [-0.15, -0.1) is 0 Å². The molecule has 152 valence electrons. The highest BCUT2D eigenvalue weighted by molar-refractivity contribution is 5.95. The summed E-state index contributed by atoms with van der Waals surface area (Å²) >= 11 is 0. The summed E-state index contributed by atoms with van der Waals surface area (Å²) in [5.41, 5.74) is 5.03. The maximum atomic E-state index is 13.2. The van der Waals surface area contributed by atoms with Crippen LogP contribution < -0.4 is 4.90 Å². The predicted octanol–water partition coefficient (Wildman–Crippen LogP) is 4.38. The normalized spacial score (nSPS) is 15.5. The third-order valence-electron chi connectivity index (χ3n) is 5.81. The number of aromatic amines is 1. The van der Waals surface area contributed by atoms with Crippen LogP contribution in [0.15, 0.2) is 65.3 Å². The van der Waals surface area contributed by atoms with Crippen molar-refractivity contribution in [3.8, 4) is 0 Å². The molecule has 30 heavy (non-hydrogen) atoms. The highest BCUT2D eigenvalue weighted by atomic mass is 16.3. The third-order valence-corrected chi connectivity index (χ3v) is 5.81. The number of furan rings is 1. The van der Waals surface area contributed by atoms with Crippen molar-refractivity contribution in [1.29, 1.82) is 0 Å². The van der Waals surface area contributed by atoms with E-state index in [2.05, 4.69) is 46.1 Å². The number of nitrogens with one attached hydrogen (secondary N) is 1. The number of aromatic nitrogens is 2. The molecule has 0 fully saturated rings. The van der Waals surface area contributed by atoms with E-state index in [-0.39, 0.29) is 5.91 Å². The van der Waals surface area contributed by atoms with Gasteiger partial charge in [-0.25, -0.2) is 4.98 Å². The predicted molar refractivity (Wildman–Crippen MR) is 116 cm³/mol. The number of imidazole rings is 1. The summed E-state index contributed by atoms with van der Waals surface area (Å²) in [6.45, 7) is 3.18. The SMILES string of the molecule is CC1Cc2ccccc2N1Cc1occc1C(=O)N(C)Cc1nc2ccccc2[nH]1. The largest absolute Gasteiger partial charge is 0.467 e. The molecule has 6 heteroatoms. The molecule has 1 aliphatic rings. The number of fused-ring (bicyclic) bond motifs is 2. The topological polar surface area (TPSA) is 65.4 Å². The maximum absolute atomic E-state index is 13.2. The van der Waals surface area contributed by atoms with Gasteiger partial charge in [0.15, 0.2) is 0 Å². The first kappa shape index (κ1) is 18.5. The molecule has 2 aromatic heterocycles. The average Bonchev–Trinajstić information content (AvgIpc) is 3.45. The van der Waals surface area contributed by atoms with Crippen LogP contribution in [0, 0.1) is 0 Å².